The van der Waals surface area contributed by atoms with Crippen molar-refractivity contribution in [2.45, 2.75) is 25.3 Å². The molecule has 5 nitrogen and oxygen atoms in total. The Morgan fingerprint density at radius 2 is 2.00 bits per heavy atom. The van der Waals surface area contributed by atoms with Crippen LogP contribution in [0.1, 0.15) is 30.9 Å². The maximum atomic E-state index is 12.5. The van der Waals surface area contributed by atoms with Gasteiger partial charge in [0.1, 0.15) is 6.04 Å². The van der Waals surface area contributed by atoms with E-state index >= 15 is 0 Å². The summed E-state index contributed by atoms with van der Waals surface area (Å²) in [5.74, 6) is -0.0365. The second-order valence-corrected chi connectivity index (χ2v) is 5.25. The number of nitrogens with one attached hydrogen (secondary N) is 2. The minimum atomic E-state index is -0.518. The van der Waals surface area contributed by atoms with Crippen LogP contribution in [0.25, 0.3) is 0 Å². The van der Waals surface area contributed by atoms with E-state index in [4.69, 9.17) is 0 Å². The van der Waals surface area contributed by atoms with E-state index in [2.05, 4.69) is 10.6 Å². The van der Waals surface area contributed by atoms with Gasteiger partial charge >= 0.3 is 0 Å². The SMILES string of the molecule is CNCCNC(=O)C(c1ccccc1)N1CCCCC1=O. The zero-order valence-corrected chi connectivity index (χ0v) is 12.5. The molecule has 0 aromatic heterocycles. The lowest BCUT2D eigenvalue weighted by molar-refractivity contribution is -0.142. The summed E-state index contributed by atoms with van der Waals surface area (Å²) in [7, 11) is 1.84. The Labute approximate surface area is 125 Å². The normalized spacial score (nSPS) is 16.6. The molecule has 1 saturated heterocycles. The van der Waals surface area contributed by atoms with Crippen molar-refractivity contribution >= 4 is 11.8 Å². The van der Waals surface area contributed by atoms with Crippen molar-refractivity contribution in [1.82, 2.24) is 15.5 Å². The maximum absolute atomic E-state index is 12.5. The highest BCUT2D eigenvalue weighted by molar-refractivity contribution is 5.89. The number of hydrogen-bond acceptors (Lipinski definition) is 3. The monoisotopic (exact) mass is 289 g/mol. The lowest BCUT2D eigenvalue weighted by Crippen LogP contribution is -2.46. The van der Waals surface area contributed by atoms with E-state index in [0.717, 1.165) is 18.4 Å². The van der Waals surface area contributed by atoms with Crippen molar-refractivity contribution < 1.29 is 9.59 Å². The number of likely N-dealkylation sites (tertiary alicyclic amines) is 1. The van der Waals surface area contributed by atoms with Crippen LogP contribution in [0.5, 0.6) is 0 Å². The van der Waals surface area contributed by atoms with Gasteiger partial charge in [-0.1, -0.05) is 30.3 Å². The van der Waals surface area contributed by atoms with Gasteiger partial charge in [0.05, 0.1) is 0 Å². The van der Waals surface area contributed by atoms with Crippen LogP contribution in [0.15, 0.2) is 30.3 Å². The quantitative estimate of drug-likeness (QED) is 0.770. The van der Waals surface area contributed by atoms with Gasteiger partial charge in [0, 0.05) is 26.1 Å². The first-order valence-corrected chi connectivity index (χ1v) is 7.50. The van der Waals surface area contributed by atoms with Gasteiger partial charge in [-0.2, -0.15) is 0 Å². The summed E-state index contributed by atoms with van der Waals surface area (Å²) in [6, 6.07) is 9.01. The number of benzene rings is 1. The first-order chi connectivity index (χ1) is 10.2. The summed E-state index contributed by atoms with van der Waals surface area (Å²) in [6.07, 6.45) is 2.41. The molecule has 2 rings (SSSR count). The number of piperidine rings is 1. The first kappa shape index (κ1) is 15.5. The van der Waals surface area contributed by atoms with Crippen molar-refractivity contribution in [3.63, 3.8) is 0 Å². The molecule has 2 amide bonds. The van der Waals surface area contributed by atoms with Gasteiger partial charge in [-0.05, 0) is 25.5 Å². The summed E-state index contributed by atoms with van der Waals surface area (Å²) in [4.78, 5) is 26.4. The third-order valence-electron chi connectivity index (χ3n) is 3.71. The van der Waals surface area contributed by atoms with Crippen LogP contribution in [0.4, 0.5) is 0 Å². The Morgan fingerprint density at radius 3 is 2.67 bits per heavy atom. The number of rotatable bonds is 6. The third-order valence-corrected chi connectivity index (χ3v) is 3.71. The summed E-state index contributed by atoms with van der Waals surface area (Å²) in [5, 5.41) is 5.90. The molecular weight excluding hydrogens is 266 g/mol. The summed E-state index contributed by atoms with van der Waals surface area (Å²) in [6.45, 7) is 1.92. The number of amides is 2. The van der Waals surface area contributed by atoms with E-state index in [1.54, 1.807) is 4.90 Å². The summed E-state index contributed by atoms with van der Waals surface area (Å²) in [5.41, 5.74) is 0.870. The van der Waals surface area contributed by atoms with E-state index < -0.39 is 6.04 Å². The van der Waals surface area contributed by atoms with Crippen LogP contribution in [0.3, 0.4) is 0 Å². The van der Waals surface area contributed by atoms with E-state index in [1.807, 2.05) is 37.4 Å². The number of likely N-dealkylation sites (N-methyl/N-ethyl adjacent to an activating group) is 1. The Morgan fingerprint density at radius 1 is 1.24 bits per heavy atom. The van der Waals surface area contributed by atoms with Gasteiger partial charge < -0.3 is 15.5 Å². The first-order valence-electron chi connectivity index (χ1n) is 7.50. The van der Waals surface area contributed by atoms with E-state index in [-0.39, 0.29) is 11.8 Å². The van der Waals surface area contributed by atoms with E-state index in [0.29, 0.717) is 26.1 Å². The van der Waals surface area contributed by atoms with Gasteiger partial charge in [0.2, 0.25) is 11.8 Å². The number of carbonyl (C=O) groups excluding carboxylic acids is 2. The average molecular weight is 289 g/mol. The second kappa shape index (κ2) is 7.78. The van der Waals surface area contributed by atoms with Gasteiger partial charge in [-0.15, -0.1) is 0 Å². The Balaban J connectivity index is 2.17. The van der Waals surface area contributed by atoms with Gasteiger partial charge in [0.15, 0.2) is 0 Å². The molecule has 0 spiro atoms. The molecule has 1 aromatic carbocycles. The molecule has 1 fully saturated rings. The largest absolute Gasteiger partial charge is 0.353 e. The summed E-state index contributed by atoms with van der Waals surface area (Å²) < 4.78 is 0. The van der Waals surface area contributed by atoms with Crippen LogP contribution >= 0.6 is 0 Å². The molecule has 114 valence electrons. The van der Waals surface area contributed by atoms with Crippen molar-refractivity contribution in [3.05, 3.63) is 35.9 Å². The molecule has 2 N–H and O–H groups in total. The van der Waals surface area contributed by atoms with E-state index in [1.165, 1.54) is 0 Å². The molecule has 1 heterocycles. The van der Waals surface area contributed by atoms with Crippen LogP contribution in [-0.2, 0) is 9.59 Å². The van der Waals surface area contributed by atoms with Gasteiger partial charge in [0.25, 0.3) is 0 Å². The molecule has 0 aliphatic carbocycles. The molecule has 1 aliphatic rings. The average Bonchev–Trinajstić information content (AvgIpc) is 2.51. The van der Waals surface area contributed by atoms with Crippen molar-refractivity contribution in [1.29, 1.82) is 0 Å². The minimum absolute atomic E-state index is 0.0684. The molecule has 0 radical (unpaired) electrons. The minimum Gasteiger partial charge on any atom is -0.353 e. The smallest absolute Gasteiger partial charge is 0.247 e. The molecule has 0 bridgehead atoms. The lowest BCUT2D eigenvalue weighted by Gasteiger charge is -2.34. The molecular formula is C16H23N3O2. The van der Waals surface area contributed by atoms with Gasteiger partial charge in [-0.3, -0.25) is 9.59 Å². The number of nitrogens with zero attached hydrogens (tertiary/aromatic N) is 1. The fraction of sp³-hybridized carbons (Fsp3) is 0.500. The van der Waals surface area contributed by atoms with E-state index in [9.17, 15) is 9.59 Å². The highest BCUT2D eigenvalue weighted by atomic mass is 16.2. The molecule has 1 aliphatic heterocycles. The molecule has 0 saturated carbocycles. The Kier molecular flexibility index (Phi) is 5.75. The van der Waals surface area contributed by atoms with Crippen LogP contribution in [0, 0.1) is 0 Å². The highest BCUT2D eigenvalue weighted by Crippen LogP contribution is 2.25. The topological polar surface area (TPSA) is 61.4 Å². The van der Waals surface area contributed by atoms with Crippen molar-refractivity contribution in [2.75, 3.05) is 26.7 Å². The molecule has 1 aromatic rings. The lowest BCUT2D eigenvalue weighted by atomic mass is 10.0. The van der Waals surface area contributed by atoms with Crippen LogP contribution < -0.4 is 10.6 Å². The zero-order chi connectivity index (χ0) is 15.1. The maximum Gasteiger partial charge on any atom is 0.247 e. The Bertz CT molecular complexity index is 476. The molecule has 5 heteroatoms. The highest BCUT2D eigenvalue weighted by Gasteiger charge is 2.32. The Hall–Kier alpha value is -1.88. The van der Waals surface area contributed by atoms with Crippen LogP contribution in [-0.4, -0.2) is 43.4 Å². The molecule has 21 heavy (non-hydrogen) atoms. The predicted octanol–water partition coefficient (Wildman–Crippen LogP) is 1.08. The second-order valence-electron chi connectivity index (χ2n) is 5.25. The van der Waals surface area contributed by atoms with Crippen molar-refractivity contribution in [2.24, 2.45) is 0 Å². The number of hydrogen-bond donors (Lipinski definition) is 2. The molecule has 1 atom stereocenters. The molecule has 1 unspecified atom stereocenters. The van der Waals surface area contributed by atoms with Crippen LogP contribution in [0.2, 0.25) is 0 Å². The zero-order valence-electron chi connectivity index (χ0n) is 12.5. The standard InChI is InChI=1S/C16H23N3O2/c1-17-10-11-18-16(21)15(13-7-3-2-4-8-13)19-12-6-5-9-14(19)20/h2-4,7-8,15,17H,5-6,9-12H2,1H3,(H,18,21). The fourth-order valence-corrected chi connectivity index (χ4v) is 2.62. The number of carbonyl (C=O) groups is 2. The summed E-state index contributed by atoms with van der Waals surface area (Å²) >= 11 is 0. The predicted molar refractivity (Wildman–Crippen MR) is 81.7 cm³/mol. The van der Waals surface area contributed by atoms with Gasteiger partial charge in [-0.25, -0.2) is 0 Å². The van der Waals surface area contributed by atoms with Crippen molar-refractivity contribution in [3.8, 4) is 0 Å². The third kappa shape index (κ3) is 4.04. The fourth-order valence-electron chi connectivity index (χ4n) is 2.62.